The summed E-state index contributed by atoms with van der Waals surface area (Å²) in [6, 6.07) is 14.1. The molecule has 2 aromatic carbocycles. The fourth-order valence-electron chi connectivity index (χ4n) is 1.61. The monoisotopic (exact) mass is 416 g/mol. The first-order chi connectivity index (χ1) is 9.70. The minimum atomic E-state index is 0.650. The van der Waals surface area contributed by atoms with Crippen LogP contribution in [0.25, 0.3) is 0 Å². The number of thioether (sulfide) groups is 1. The van der Waals surface area contributed by atoms with E-state index < -0.39 is 0 Å². The molecule has 0 bridgehead atoms. The zero-order valence-electron chi connectivity index (χ0n) is 10.9. The summed E-state index contributed by atoms with van der Waals surface area (Å²) in [5.74, 6) is 2.49. The third kappa shape index (κ3) is 4.43. The minimum absolute atomic E-state index is 0.650. The van der Waals surface area contributed by atoms with Crippen molar-refractivity contribution < 1.29 is 9.47 Å². The highest BCUT2D eigenvalue weighted by molar-refractivity contribution is 9.11. The normalized spacial score (nSPS) is 10.3. The van der Waals surface area contributed by atoms with Crippen LogP contribution in [0.4, 0.5) is 0 Å². The Morgan fingerprint density at radius 2 is 1.65 bits per heavy atom. The zero-order valence-corrected chi connectivity index (χ0v) is 14.9. The zero-order chi connectivity index (χ0) is 14.4. The van der Waals surface area contributed by atoms with Gasteiger partial charge in [-0.2, -0.15) is 0 Å². The van der Waals surface area contributed by atoms with E-state index in [2.05, 4.69) is 44.0 Å². The van der Waals surface area contributed by atoms with Crippen LogP contribution in [0.1, 0.15) is 0 Å². The Balaban J connectivity index is 1.87. The van der Waals surface area contributed by atoms with Crippen molar-refractivity contribution in [3.05, 3.63) is 51.4 Å². The number of halogens is 2. The molecule has 2 aromatic rings. The standard InChI is InChI=1S/C15H14Br2O2S/c1-18-14-9-13(17)15(10-12(14)16)19-7-8-20-11-5-3-2-4-6-11/h2-6,9-10H,7-8H2,1H3. The van der Waals surface area contributed by atoms with Crippen molar-refractivity contribution in [1.82, 2.24) is 0 Å². The molecule has 0 aromatic heterocycles. The molecule has 106 valence electrons. The Morgan fingerprint density at radius 3 is 2.35 bits per heavy atom. The molecule has 0 aliphatic rings. The van der Waals surface area contributed by atoms with Crippen molar-refractivity contribution >= 4 is 43.6 Å². The molecule has 2 rings (SSSR count). The highest BCUT2D eigenvalue weighted by Crippen LogP contribution is 2.36. The maximum atomic E-state index is 5.79. The summed E-state index contributed by atoms with van der Waals surface area (Å²) in [4.78, 5) is 1.26. The second-order valence-corrected chi connectivity index (χ2v) is 6.80. The van der Waals surface area contributed by atoms with Gasteiger partial charge >= 0.3 is 0 Å². The maximum Gasteiger partial charge on any atom is 0.134 e. The van der Waals surface area contributed by atoms with Crippen LogP contribution in [0.2, 0.25) is 0 Å². The number of hydrogen-bond donors (Lipinski definition) is 0. The minimum Gasteiger partial charge on any atom is -0.496 e. The molecule has 0 N–H and O–H groups in total. The molecule has 0 heterocycles. The molecule has 0 atom stereocenters. The molecule has 0 saturated carbocycles. The molecule has 0 aliphatic carbocycles. The summed E-state index contributed by atoms with van der Waals surface area (Å²) in [7, 11) is 1.64. The van der Waals surface area contributed by atoms with Crippen molar-refractivity contribution in [2.24, 2.45) is 0 Å². The Morgan fingerprint density at radius 1 is 1.00 bits per heavy atom. The SMILES string of the molecule is COc1cc(Br)c(OCCSc2ccccc2)cc1Br. The van der Waals surface area contributed by atoms with Gasteiger partial charge in [-0.3, -0.25) is 0 Å². The molecule has 0 amide bonds. The van der Waals surface area contributed by atoms with Crippen LogP contribution >= 0.6 is 43.6 Å². The Labute approximate surface area is 140 Å². The van der Waals surface area contributed by atoms with E-state index in [9.17, 15) is 0 Å². The second kappa shape index (κ2) is 7.96. The number of ether oxygens (including phenoxy) is 2. The highest BCUT2D eigenvalue weighted by Gasteiger charge is 2.08. The smallest absolute Gasteiger partial charge is 0.134 e. The van der Waals surface area contributed by atoms with Crippen molar-refractivity contribution in [2.45, 2.75) is 4.90 Å². The lowest BCUT2D eigenvalue weighted by atomic mass is 10.3. The van der Waals surface area contributed by atoms with Gasteiger partial charge in [0.25, 0.3) is 0 Å². The molecule has 0 spiro atoms. The van der Waals surface area contributed by atoms with Crippen LogP contribution in [0.15, 0.2) is 56.3 Å². The fourth-order valence-corrected chi connectivity index (χ4v) is 3.28. The largest absolute Gasteiger partial charge is 0.496 e. The summed E-state index contributed by atoms with van der Waals surface area (Å²) in [6.07, 6.45) is 0. The highest BCUT2D eigenvalue weighted by atomic mass is 79.9. The fraction of sp³-hybridized carbons (Fsp3) is 0.200. The van der Waals surface area contributed by atoms with E-state index in [0.717, 1.165) is 26.2 Å². The van der Waals surface area contributed by atoms with Crippen molar-refractivity contribution in [2.75, 3.05) is 19.5 Å². The summed E-state index contributed by atoms with van der Waals surface area (Å²) < 4.78 is 12.8. The van der Waals surface area contributed by atoms with Gasteiger partial charge in [-0.05, 0) is 56.1 Å². The van der Waals surface area contributed by atoms with E-state index in [-0.39, 0.29) is 0 Å². The van der Waals surface area contributed by atoms with Crippen LogP contribution in [0, 0.1) is 0 Å². The molecule has 2 nitrogen and oxygen atoms in total. The second-order valence-electron chi connectivity index (χ2n) is 3.93. The van der Waals surface area contributed by atoms with E-state index in [4.69, 9.17) is 9.47 Å². The van der Waals surface area contributed by atoms with Gasteiger partial charge in [-0.25, -0.2) is 0 Å². The van der Waals surface area contributed by atoms with Crippen LogP contribution in [-0.4, -0.2) is 19.5 Å². The Bertz CT molecular complexity index is 561. The quantitative estimate of drug-likeness (QED) is 0.463. The van der Waals surface area contributed by atoms with Crippen LogP contribution < -0.4 is 9.47 Å². The van der Waals surface area contributed by atoms with Crippen molar-refractivity contribution in [3.8, 4) is 11.5 Å². The van der Waals surface area contributed by atoms with E-state index >= 15 is 0 Å². The van der Waals surface area contributed by atoms with Crippen LogP contribution in [0.3, 0.4) is 0 Å². The third-order valence-corrected chi connectivity index (χ3v) is 4.77. The van der Waals surface area contributed by atoms with Crippen molar-refractivity contribution in [1.29, 1.82) is 0 Å². The molecular weight excluding hydrogens is 404 g/mol. The van der Waals surface area contributed by atoms with Gasteiger partial charge in [0.1, 0.15) is 11.5 Å². The van der Waals surface area contributed by atoms with Crippen molar-refractivity contribution in [3.63, 3.8) is 0 Å². The summed E-state index contributed by atoms with van der Waals surface area (Å²) in [6.45, 7) is 0.650. The van der Waals surface area contributed by atoms with E-state index in [1.807, 2.05) is 30.3 Å². The summed E-state index contributed by atoms with van der Waals surface area (Å²) in [5, 5.41) is 0. The van der Waals surface area contributed by atoms with Crippen LogP contribution in [-0.2, 0) is 0 Å². The first kappa shape index (κ1) is 15.7. The average Bonchev–Trinajstić information content (AvgIpc) is 2.47. The third-order valence-electron chi connectivity index (χ3n) is 2.56. The molecule has 5 heteroatoms. The predicted molar refractivity (Wildman–Crippen MR) is 91.1 cm³/mol. The Kier molecular flexibility index (Phi) is 6.26. The number of hydrogen-bond acceptors (Lipinski definition) is 3. The number of methoxy groups -OCH3 is 1. The topological polar surface area (TPSA) is 18.5 Å². The van der Waals surface area contributed by atoms with Gasteiger partial charge in [0.05, 0.1) is 22.7 Å². The van der Waals surface area contributed by atoms with Crippen LogP contribution in [0.5, 0.6) is 11.5 Å². The molecule has 0 radical (unpaired) electrons. The number of benzene rings is 2. The van der Waals surface area contributed by atoms with Gasteiger partial charge in [0.15, 0.2) is 0 Å². The average molecular weight is 418 g/mol. The van der Waals surface area contributed by atoms with Gasteiger partial charge in [-0.15, -0.1) is 11.8 Å². The number of rotatable bonds is 6. The molecule has 0 aliphatic heterocycles. The van der Waals surface area contributed by atoms with E-state index in [0.29, 0.717) is 6.61 Å². The van der Waals surface area contributed by atoms with E-state index in [1.54, 1.807) is 18.9 Å². The molecule has 0 fully saturated rings. The molecular formula is C15H14Br2O2S. The van der Waals surface area contributed by atoms with Gasteiger partial charge in [-0.1, -0.05) is 18.2 Å². The molecule has 0 saturated heterocycles. The Hall–Kier alpha value is -0.650. The van der Waals surface area contributed by atoms with Gasteiger partial charge in [0, 0.05) is 10.6 Å². The first-order valence-electron chi connectivity index (χ1n) is 6.04. The van der Waals surface area contributed by atoms with Gasteiger partial charge < -0.3 is 9.47 Å². The lowest BCUT2D eigenvalue weighted by Gasteiger charge is -2.11. The molecule has 20 heavy (non-hydrogen) atoms. The summed E-state index contributed by atoms with van der Waals surface area (Å²) in [5.41, 5.74) is 0. The van der Waals surface area contributed by atoms with Gasteiger partial charge in [0.2, 0.25) is 0 Å². The molecule has 0 unspecified atom stereocenters. The predicted octanol–water partition coefficient (Wildman–Crippen LogP) is 5.39. The van der Waals surface area contributed by atoms with E-state index in [1.165, 1.54) is 4.90 Å². The lowest BCUT2D eigenvalue weighted by molar-refractivity contribution is 0.340. The first-order valence-corrected chi connectivity index (χ1v) is 8.61. The maximum absolute atomic E-state index is 5.79. The summed E-state index contributed by atoms with van der Waals surface area (Å²) >= 11 is 8.72. The lowest BCUT2D eigenvalue weighted by Crippen LogP contribution is -2.01.